The van der Waals surface area contributed by atoms with Crippen molar-refractivity contribution in [2.24, 2.45) is 0 Å². The van der Waals surface area contributed by atoms with Gasteiger partial charge in [0, 0.05) is 31.9 Å². The first-order chi connectivity index (χ1) is 15.7. The zero-order valence-electron chi connectivity index (χ0n) is 18.2. The summed E-state index contributed by atoms with van der Waals surface area (Å²) in [5, 5.41) is 2.22. The molecule has 6 rings (SSSR count). The van der Waals surface area contributed by atoms with Gasteiger partial charge in [0.25, 0.3) is 6.20 Å². The normalized spacial score (nSPS) is 12.1. The third-order valence-corrected chi connectivity index (χ3v) is 5.16. The first-order valence-corrected chi connectivity index (χ1v) is 10.4. The zero-order chi connectivity index (χ0) is 21.9. The number of fused-ring (bicyclic) bond motifs is 3. The van der Waals surface area contributed by atoms with Crippen LogP contribution in [0.4, 0.5) is 5.69 Å². The van der Waals surface area contributed by atoms with Crippen LogP contribution in [0.15, 0.2) is 95.8 Å². The molecule has 0 saturated carbocycles. The second-order valence-corrected chi connectivity index (χ2v) is 7.57. The maximum atomic E-state index is 5.87. The zero-order valence-corrected chi connectivity index (χ0v) is 20.6. The summed E-state index contributed by atoms with van der Waals surface area (Å²) in [6, 6.07) is 33.5. The molecule has 1 aliphatic rings. The van der Waals surface area contributed by atoms with Crippen LogP contribution in [0.3, 0.4) is 0 Å². The monoisotopic (exact) mass is 608 g/mol. The van der Waals surface area contributed by atoms with E-state index in [0.29, 0.717) is 0 Å². The summed E-state index contributed by atoms with van der Waals surface area (Å²) in [5.74, 6) is 0. The minimum atomic E-state index is 0. The van der Waals surface area contributed by atoms with Gasteiger partial charge >= 0.3 is 6.01 Å². The van der Waals surface area contributed by atoms with Gasteiger partial charge in [-0.05, 0) is 29.6 Å². The molecule has 5 aromatic rings. The fourth-order valence-electron chi connectivity index (χ4n) is 3.51. The van der Waals surface area contributed by atoms with Crippen LogP contribution in [0.1, 0.15) is 5.56 Å². The number of furan rings is 1. The van der Waals surface area contributed by atoms with Crippen molar-refractivity contribution >= 4 is 33.6 Å². The summed E-state index contributed by atoms with van der Waals surface area (Å²) in [5.41, 5.74) is 5.91. The Morgan fingerprint density at radius 3 is 2.48 bits per heavy atom. The third-order valence-electron chi connectivity index (χ3n) is 5.16. The molecule has 0 amide bonds. The SMILES string of the molecule is C[N+]1=C=[N+](c2[c-]cc3c(c2)oc2ccccc23)C=C1.Cc1ccc(-c2[c-]cccc2)nc1.[Ir]. The van der Waals surface area contributed by atoms with E-state index in [1.807, 2.05) is 102 Å². The molecule has 1 radical (unpaired) electrons. The van der Waals surface area contributed by atoms with Crippen molar-refractivity contribution in [3.63, 3.8) is 0 Å². The first kappa shape index (κ1) is 22.6. The number of rotatable bonds is 2. The van der Waals surface area contributed by atoms with Gasteiger partial charge in [-0.25, -0.2) is 0 Å². The van der Waals surface area contributed by atoms with Gasteiger partial charge in [-0.3, -0.25) is 0 Å². The van der Waals surface area contributed by atoms with Gasteiger partial charge in [0.05, 0.1) is 0 Å². The number of para-hydroxylation sites is 1. The Morgan fingerprint density at radius 1 is 0.909 bits per heavy atom. The van der Waals surface area contributed by atoms with Gasteiger partial charge in [-0.1, -0.05) is 50.9 Å². The predicted octanol–water partition coefficient (Wildman–Crippen LogP) is 6.19. The van der Waals surface area contributed by atoms with Crippen LogP contribution >= 0.6 is 0 Å². The summed E-state index contributed by atoms with van der Waals surface area (Å²) in [4.78, 5) is 4.32. The summed E-state index contributed by atoms with van der Waals surface area (Å²) >= 11 is 0. The van der Waals surface area contributed by atoms with E-state index in [4.69, 9.17) is 4.42 Å². The minimum absolute atomic E-state index is 0. The van der Waals surface area contributed by atoms with E-state index >= 15 is 0 Å². The molecule has 3 heterocycles. The van der Waals surface area contributed by atoms with Crippen LogP contribution in [0.25, 0.3) is 33.2 Å². The Labute approximate surface area is 206 Å². The van der Waals surface area contributed by atoms with Crippen molar-refractivity contribution in [2.45, 2.75) is 6.92 Å². The summed E-state index contributed by atoms with van der Waals surface area (Å²) in [7, 11) is 1.94. The molecule has 1 aliphatic heterocycles. The van der Waals surface area contributed by atoms with Crippen molar-refractivity contribution in [2.75, 3.05) is 7.05 Å². The fourth-order valence-corrected chi connectivity index (χ4v) is 3.51. The number of aryl methyl sites for hydroxylation is 1. The number of hydrogen-bond donors (Lipinski definition) is 0. The maximum absolute atomic E-state index is 5.87. The van der Waals surface area contributed by atoms with E-state index in [1.165, 1.54) is 5.56 Å². The maximum Gasteiger partial charge on any atom is 0.493 e. The van der Waals surface area contributed by atoms with Crippen molar-refractivity contribution < 1.29 is 33.7 Å². The van der Waals surface area contributed by atoms with Crippen LogP contribution in [0.5, 0.6) is 0 Å². The van der Waals surface area contributed by atoms with Gasteiger partial charge < -0.3 is 9.40 Å². The third kappa shape index (κ3) is 4.92. The van der Waals surface area contributed by atoms with E-state index in [-0.39, 0.29) is 20.1 Å². The molecule has 0 aliphatic carbocycles. The topological polar surface area (TPSA) is 32.0 Å². The molecule has 2 aromatic heterocycles. The van der Waals surface area contributed by atoms with E-state index in [2.05, 4.69) is 35.3 Å². The molecule has 0 fully saturated rings. The molecular weight excluding hydrogens is 587 g/mol. The van der Waals surface area contributed by atoms with E-state index in [9.17, 15) is 0 Å². The van der Waals surface area contributed by atoms with Gasteiger partial charge in [0.2, 0.25) is 6.20 Å². The number of benzene rings is 3. The van der Waals surface area contributed by atoms with Gasteiger partial charge in [-0.2, -0.15) is 6.07 Å². The number of aromatic nitrogens is 1. The Bertz CT molecular complexity index is 1510. The van der Waals surface area contributed by atoms with Crippen LogP contribution in [-0.4, -0.2) is 27.2 Å². The standard InChI is InChI=1S/C16H11N2O.C12H10N.Ir/c1-17-8-9-18(11-17)12-6-7-14-13-4-2-3-5-15(13)19-16(14)10-12;1-10-7-8-12(13-9-10)11-5-3-2-4-6-11;/h2-5,7-10H,1H3;2-5,7-9H,1H3;/q+1;-1;. The largest absolute Gasteiger partial charge is 0.493 e. The summed E-state index contributed by atoms with van der Waals surface area (Å²) < 4.78 is 9.63. The number of pyridine rings is 1. The Kier molecular flexibility index (Phi) is 6.76. The Balaban J connectivity index is 0.000000164. The van der Waals surface area contributed by atoms with Crippen LogP contribution < -0.4 is 0 Å². The van der Waals surface area contributed by atoms with E-state index < -0.39 is 0 Å². The molecular formula is C28H21IrN3O. The Morgan fingerprint density at radius 2 is 1.76 bits per heavy atom. The van der Waals surface area contributed by atoms with Gasteiger partial charge in [-0.15, -0.1) is 42.0 Å². The molecule has 0 saturated heterocycles. The Hall–Kier alpha value is -3.62. The van der Waals surface area contributed by atoms with Crippen molar-refractivity contribution in [1.82, 2.24) is 4.98 Å². The molecule has 5 heteroatoms. The molecule has 0 spiro atoms. The van der Waals surface area contributed by atoms with E-state index in [1.54, 1.807) is 0 Å². The average Bonchev–Trinajstić information content (AvgIpc) is 3.43. The van der Waals surface area contributed by atoms with Crippen LogP contribution in [-0.2, 0) is 20.1 Å². The molecule has 0 N–H and O–H groups in total. The molecule has 0 bridgehead atoms. The molecule has 3 aromatic carbocycles. The smallest absolute Gasteiger partial charge is 0.483 e. The molecule has 0 atom stereocenters. The van der Waals surface area contributed by atoms with E-state index in [0.717, 1.165) is 38.9 Å². The summed E-state index contributed by atoms with van der Waals surface area (Å²) in [6.07, 6.45) is 5.76. The number of nitrogens with zero attached hydrogens (tertiary/aromatic N) is 3. The summed E-state index contributed by atoms with van der Waals surface area (Å²) in [6.45, 7) is 2.03. The predicted molar refractivity (Wildman–Crippen MR) is 126 cm³/mol. The second kappa shape index (κ2) is 9.89. The van der Waals surface area contributed by atoms with Crippen LogP contribution in [0, 0.1) is 19.1 Å². The quantitative estimate of drug-likeness (QED) is 0.177. The number of hydrogen-bond acceptors (Lipinski definition) is 2. The molecule has 4 nitrogen and oxygen atoms in total. The van der Waals surface area contributed by atoms with Gasteiger partial charge in [0.15, 0.2) is 7.05 Å². The molecule has 0 unspecified atom stereocenters. The fraction of sp³-hybridized carbons (Fsp3) is 0.0714. The first-order valence-electron chi connectivity index (χ1n) is 10.4. The average molecular weight is 608 g/mol. The second-order valence-electron chi connectivity index (χ2n) is 7.57. The van der Waals surface area contributed by atoms with Crippen molar-refractivity contribution in [3.8, 4) is 11.3 Å². The molecule has 33 heavy (non-hydrogen) atoms. The molecule has 163 valence electrons. The van der Waals surface area contributed by atoms with Gasteiger partial charge in [0.1, 0.15) is 11.3 Å². The van der Waals surface area contributed by atoms with Crippen molar-refractivity contribution in [1.29, 1.82) is 0 Å². The van der Waals surface area contributed by atoms with Crippen LogP contribution in [0.2, 0.25) is 0 Å². The van der Waals surface area contributed by atoms with Crippen molar-refractivity contribution in [3.05, 3.63) is 109 Å². The minimum Gasteiger partial charge on any atom is -0.483 e.